The van der Waals surface area contributed by atoms with Gasteiger partial charge in [-0.3, -0.25) is 4.40 Å². The van der Waals surface area contributed by atoms with Gasteiger partial charge in [-0.1, -0.05) is 54.6 Å². The van der Waals surface area contributed by atoms with Crippen molar-refractivity contribution in [1.29, 1.82) is 0 Å². The van der Waals surface area contributed by atoms with Crippen LogP contribution in [0.4, 0.5) is 0 Å². The lowest BCUT2D eigenvalue weighted by molar-refractivity contribution is -0.709. The molecule has 0 fully saturated rings. The molecule has 2 aliphatic heterocycles. The molecule has 0 amide bonds. The molecule has 0 spiro atoms. The lowest BCUT2D eigenvalue weighted by Crippen LogP contribution is -2.48. The van der Waals surface area contributed by atoms with E-state index in [-0.39, 0.29) is 12.0 Å². The van der Waals surface area contributed by atoms with Gasteiger partial charge in [0.05, 0.1) is 22.5 Å². The van der Waals surface area contributed by atoms with Gasteiger partial charge in [0, 0.05) is 51.4 Å². The summed E-state index contributed by atoms with van der Waals surface area (Å²) >= 11 is 0. The summed E-state index contributed by atoms with van der Waals surface area (Å²) in [4.78, 5) is 5.76. The maximum Gasteiger partial charge on any atom is 0.219 e. The molecule has 7 heterocycles. The van der Waals surface area contributed by atoms with E-state index < -0.39 is 0 Å². The summed E-state index contributed by atoms with van der Waals surface area (Å²) < 4.78 is 7.14. The van der Waals surface area contributed by atoms with Gasteiger partial charge in [-0.15, -0.1) is 0 Å². The Morgan fingerprint density at radius 1 is 0.667 bits per heavy atom. The Morgan fingerprint density at radius 2 is 1.43 bits per heavy atom. The molecule has 196 valence electrons. The Kier molecular flexibility index (Phi) is 4.32. The smallest absolute Gasteiger partial charge is 0.219 e. The first kappa shape index (κ1) is 22.4. The van der Waals surface area contributed by atoms with Crippen LogP contribution in [0.25, 0.3) is 66.9 Å². The Balaban J connectivity index is 1.40. The lowest BCUT2D eigenvalue weighted by atomic mass is 9.78. The van der Waals surface area contributed by atoms with Crippen LogP contribution < -0.4 is 9.13 Å². The molecule has 2 aliphatic rings. The van der Waals surface area contributed by atoms with Gasteiger partial charge in [-0.25, -0.2) is 4.98 Å². The first-order valence-electron chi connectivity index (χ1n) is 14.7. The van der Waals surface area contributed by atoms with Gasteiger partial charge in [0.25, 0.3) is 0 Å². The molecule has 3 aromatic carbocycles. The van der Waals surface area contributed by atoms with Gasteiger partial charge in [-0.2, -0.15) is 9.13 Å². The molecule has 4 heteroatoms. The largest absolute Gasteiger partial charge is 0.293 e. The molecule has 0 N–H and O–H groups in total. The highest BCUT2D eigenvalue weighted by Crippen LogP contribution is 2.47. The second-order valence-corrected chi connectivity index (χ2v) is 11.6. The van der Waals surface area contributed by atoms with E-state index in [9.17, 15) is 0 Å². The van der Waals surface area contributed by atoms with Crippen molar-refractivity contribution < 1.29 is 9.13 Å². The minimum atomic E-state index is 0.0360. The summed E-state index contributed by atoms with van der Waals surface area (Å²) in [6, 6.07) is 39.9. The Labute approximate surface area is 242 Å². The van der Waals surface area contributed by atoms with Gasteiger partial charge in [-0.05, 0) is 48.4 Å². The fraction of sp³-hybridized carbons (Fsp3) is 0.0789. The molecule has 42 heavy (non-hydrogen) atoms. The SMILES string of the molecule is C1=C/[n+]2ccccc2-c2cc3c4cccc5c6ccccc6n(c3nc2C2C(C/1)c1ccccc1-c1cccc[n+]12)c54. The Hall–Kier alpha value is -5.35. The number of hydrogen-bond acceptors (Lipinski definition) is 1. The molecule has 0 saturated heterocycles. The summed E-state index contributed by atoms with van der Waals surface area (Å²) in [5, 5.41) is 5.02. The first-order valence-corrected chi connectivity index (χ1v) is 14.7. The minimum Gasteiger partial charge on any atom is -0.293 e. The van der Waals surface area contributed by atoms with Gasteiger partial charge in [0.1, 0.15) is 11.3 Å². The quantitative estimate of drug-likeness (QED) is 0.182. The summed E-state index contributed by atoms with van der Waals surface area (Å²) in [5.74, 6) is 0.238. The molecule has 2 unspecified atom stereocenters. The van der Waals surface area contributed by atoms with Gasteiger partial charge in [0.2, 0.25) is 17.4 Å². The lowest BCUT2D eigenvalue weighted by Gasteiger charge is -2.30. The van der Waals surface area contributed by atoms with Crippen LogP contribution in [-0.4, -0.2) is 9.38 Å². The molecule has 0 bridgehead atoms. The zero-order valence-corrected chi connectivity index (χ0v) is 22.9. The van der Waals surface area contributed by atoms with E-state index in [1.165, 1.54) is 55.0 Å². The van der Waals surface area contributed by atoms with Crippen molar-refractivity contribution in [2.45, 2.75) is 18.4 Å². The molecular formula is C38H26N4+2. The first-order chi connectivity index (χ1) is 20.9. The normalized spacial score (nSPS) is 18.1. The number of hydrogen-bond donors (Lipinski definition) is 0. The number of aromatic nitrogens is 4. The van der Waals surface area contributed by atoms with E-state index in [1.54, 1.807) is 0 Å². The van der Waals surface area contributed by atoms with E-state index in [4.69, 9.17) is 4.98 Å². The summed E-state index contributed by atoms with van der Waals surface area (Å²) in [6.07, 6.45) is 9.90. The fourth-order valence-electron chi connectivity index (χ4n) is 7.83. The summed E-state index contributed by atoms with van der Waals surface area (Å²) in [6.45, 7) is 0. The fourth-order valence-corrected chi connectivity index (χ4v) is 7.83. The van der Waals surface area contributed by atoms with Crippen LogP contribution in [-0.2, 0) is 0 Å². The van der Waals surface area contributed by atoms with Gasteiger partial charge >= 0.3 is 0 Å². The number of nitrogens with zero attached hydrogens (tertiary/aromatic N) is 4. The number of para-hydroxylation sites is 2. The topological polar surface area (TPSA) is 25.1 Å². The predicted octanol–water partition coefficient (Wildman–Crippen LogP) is 7.70. The van der Waals surface area contributed by atoms with E-state index in [1.807, 2.05) is 0 Å². The van der Waals surface area contributed by atoms with Crippen LogP contribution in [0.3, 0.4) is 0 Å². The van der Waals surface area contributed by atoms with Crippen molar-refractivity contribution >= 4 is 44.4 Å². The van der Waals surface area contributed by atoms with Gasteiger partial charge < -0.3 is 0 Å². The van der Waals surface area contributed by atoms with Crippen molar-refractivity contribution in [3.05, 3.63) is 139 Å². The third-order valence-corrected chi connectivity index (χ3v) is 9.54. The van der Waals surface area contributed by atoms with Crippen LogP contribution in [0.1, 0.15) is 29.6 Å². The third-order valence-electron chi connectivity index (χ3n) is 9.54. The molecule has 10 rings (SSSR count). The standard InChI is InChI=1S/C38H26N4/c1-2-12-25-24(11-1)27-16-10-21-40-20-7-5-17-32(40)31-23-30-29-15-9-14-28-26-13-3-4-19-34(26)42(36(28)29)38(30)39-35(31)37(27)41-22-8-6-18-33(25)41/h1-15,17-23,27,37H,16H2/q+2/b21-10+. The highest BCUT2D eigenvalue weighted by atomic mass is 15.1. The van der Waals surface area contributed by atoms with Crippen molar-refractivity contribution in [3.63, 3.8) is 0 Å². The number of rotatable bonds is 0. The molecule has 0 saturated carbocycles. The number of fused-ring (bicyclic) bond motifs is 16. The zero-order valence-electron chi connectivity index (χ0n) is 22.9. The Bertz CT molecular complexity index is 2410. The summed E-state index contributed by atoms with van der Waals surface area (Å²) in [7, 11) is 0. The average Bonchev–Trinajstić information content (AvgIpc) is 3.58. The van der Waals surface area contributed by atoms with Crippen molar-refractivity contribution in [3.8, 4) is 22.5 Å². The van der Waals surface area contributed by atoms with E-state index in [0.717, 1.165) is 23.5 Å². The third kappa shape index (κ3) is 2.79. The predicted molar refractivity (Wildman–Crippen MR) is 167 cm³/mol. The maximum absolute atomic E-state index is 5.76. The van der Waals surface area contributed by atoms with Crippen LogP contribution in [0.5, 0.6) is 0 Å². The molecular weight excluding hydrogens is 512 g/mol. The Morgan fingerprint density at radius 3 is 2.38 bits per heavy atom. The highest BCUT2D eigenvalue weighted by molar-refractivity contribution is 6.22. The van der Waals surface area contributed by atoms with Crippen LogP contribution in [0, 0.1) is 0 Å². The van der Waals surface area contributed by atoms with E-state index >= 15 is 0 Å². The zero-order chi connectivity index (χ0) is 27.4. The number of pyridine rings is 3. The van der Waals surface area contributed by atoms with Crippen LogP contribution >= 0.6 is 0 Å². The summed E-state index contributed by atoms with van der Waals surface area (Å²) in [5.41, 5.74) is 10.9. The van der Waals surface area contributed by atoms with E-state index in [2.05, 4.69) is 147 Å². The van der Waals surface area contributed by atoms with Crippen molar-refractivity contribution in [1.82, 2.24) is 9.38 Å². The molecule has 8 aromatic rings. The maximum atomic E-state index is 5.76. The van der Waals surface area contributed by atoms with E-state index in [0.29, 0.717) is 0 Å². The highest BCUT2D eigenvalue weighted by Gasteiger charge is 2.44. The monoisotopic (exact) mass is 538 g/mol. The molecule has 5 aromatic heterocycles. The van der Waals surface area contributed by atoms with Crippen LogP contribution in [0.2, 0.25) is 0 Å². The molecule has 2 atom stereocenters. The molecule has 0 radical (unpaired) electrons. The van der Waals surface area contributed by atoms with Crippen molar-refractivity contribution in [2.75, 3.05) is 0 Å². The van der Waals surface area contributed by atoms with Crippen molar-refractivity contribution in [2.24, 2.45) is 0 Å². The van der Waals surface area contributed by atoms with Crippen LogP contribution in [0.15, 0.2) is 128 Å². The minimum absolute atomic E-state index is 0.0360. The number of benzene rings is 3. The second-order valence-electron chi connectivity index (χ2n) is 11.6. The number of allylic oxidation sites excluding steroid dienone is 1. The molecule has 4 nitrogen and oxygen atoms in total. The van der Waals surface area contributed by atoms with Gasteiger partial charge in [0.15, 0.2) is 18.6 Å². The second kappa shape index (κ2) is 8.11. The molecule has 0 aliphatic carbocycles. The average molecular weight is 539 g/mol.